The van der Waals surface area contributed by atoms with Crippen molar-refractivity contribution in [3.8, 4) is 0 Å². The maximum atomic E-state index is 5.76. The van der Waals surface area contributed by atoms with Gasteiger partial charge in [0.05, 0.1) is 11.9 Å². The van der Waals surface area contributed by atoms with Crippen molar-refractivity contribution in [1.82, 2.24) is 4.98 Å². The van der Waals surface area contributed by atoms with Crippen LogP contribution in [0.3, 0.4) is 0 Å². The molecule has 0 radical (unpaired) electrons. The predicted molar refractivity (Wildman–Crippen MR) is 88.5 cm³/mol. The minimum Gasteiger partial charge on any atom is -0.389 e. The van der Waals surface area contributed by atoms with Gasteiger partial charge in [-0.05, 0) is 23.1 Å². The van der Waals surface area contributed by atoms with E-state index < -0.39 is 0 Å². The Morgan fingerprint density at radius 3 is 2.50 bits per heavy atom. The average Bonchev–Trinajstić information content (AvgIpc) is 2.38. The molecular formula is C16H19N3S. The van der Waals surface area contributed by atoms with Crippen molar-refractivity contribution in [3.63, 3.8) is 0 Å². The zero-order valence-electron chi connectivity index (χ0n) is 12.0. The lowest BCUT2D eigenvalue weighted by Gasteiger charge is -2.24. The molecule has 0 aliphatic heterocycles. The fourth-order valence-electron chi connectivity index (χ4n) is 2.10. The summed E-state index contributed by atoms with van der Waals surface area (Å²) in [6, 6.07) is 10.1. The Labute approximate surface area is 125 Å². The Balaban J connectivity index is 2.44. The minimum absolute atomic E-state index is 0.0508. The fourth-order valence-corrected chi connectivity index (χ4v) is 2.28. The van der Waals surface area contributed by atoms with Gasteiger partial charge in [-0.2, -0.15) is 0 Å². The maximum absolute atomic E-state index is 5.76. The van der Waals surface area contributed by atoms with E-state index in [1.165, 1.54) is 5.56 Å². The molecule has 20 heavy (non-hydrogen) atoms. The normalized spacial score (nSPS) is 11.2. The highest BCUT2D eigenvalue weighted by atomic mass is 32.1. The zero-order chi connectivity index (χ0) is 14.8. The summed E-state index contributed by atoms with van der Waals surface area (Å²) in [7, 11) is 0. The number of nitrogens with one attached hydrogen (secondary N) is 1. The Hall–Kier alpha value is -1.94. The number of hydrogen-bond acceptors (Lipinski definition) is 3. The average molecular weight is 285 g/mol. The molecule has 1 aromatic heterocycles. The van der Waals surface area contributed by atoms with Crippen LogP contribution in [0.2, 0.25) is 0 Å². The highest BCUT2D eigenvalue weighted by molar-refractivity contribution is 7.80. The number of benzene rings is 1. The van der Waals surface area contributed by atoms with Gasteiger partial charge < -0.3 is 11.1 Å². The smallest absolute Gasteiger partial charge is 0.106 e. The van der Waals surface area contributed by atoms with Gasteiger partial charge >= 0.3 is 0 Å². The van der Waals surface area contributed by atoms with Gasteiger partial charge in [-0.15, -0.1) is 0 Å². The van der Waals surface area contributed by atoms with Gasteiger partial charge in [0, 0.05) is 17.4 Å². The molecule has 0 bridgehead atoms. The second kappa shape index (κ2) is 5.59. The number of aromatic nitrogens is 1. The molecule has 0 amide bonds. The third-order valence-corrected chi connectivity index (χ3v) is 3.31. The summed E-state index contributed by atoms with van der Waals surface area (Å²) in [5.41, 5.74) is 9.72. The topological polar surface area (TPSA) is 50.9 Å². The molecule has 1 heterocycles. The lowest BCUT2D eigenvalue weighted by Crippen LogP contribution is -2.15. The third kappa shape index (κ3) is 3.14. The quantitative estimate of drug-likeness (QED) is 0.843. The van der Waals surface area contributed by atoms with Crippen LogP contribution in [0.4, 0.5) is 11.4 Å². The van der Waals surface area contributed by atoms with Crippen LogP contribution in [0, 0.1) is 0 Å². The number of rotatable bonds is 3. The molecule has 3 nitrogen and oxygen atoms in total. The summed E-state index contributed by atoms with van der Waals surface area (Å²) in [6.07, 6.45) is 3.43. The molecule has 2 rings (SSSR count). The van der Waals surface area contributed by atoms with E-state index in [9.17, 15) is 0 Å². The molecule has 4 heteroatoms. The van der Waals surface area contributed by atoms with Gasteiger partial charge in [0.2, 0.25) is 0 Å². The molecule has 0 atom stereocenters. The Morgan fingerprint density at radius 1 is 1.15 bits per heavy atom. The molecule has 0 unspecified atom stereocenters. The highest BCUT2D eigenvalue weighted by Crippen LogP contribution is 2.31. The second-order valence-corrected chi connectivity index (χ2v) is 6.15. The first-order chi connectivity index (χ1) is 9.39. The van der Waals surface area contributed by atoms with E-state index in [1.54, 1.807) is 12.4 Å². The molecule has 0 saturated heterocycles. The van der Waals surface area contributed by atoms with Crippen LogP contribution in [0.1, 0.15) is 31.9 Å². The van der Waals surface area contributed by atoms with Crippen molar-refractivity contribution >= 4 is 28.6 Å². The van der Waals surface area contributed by atoms with Crippen molar-refractivity contribution in [2.45, 2.75) is 26.2 Å². The van der Waals surface area contributed by atoms with E-state index in [2.05, 4.69) is 43.2 Å². The molecule has 0 saturated carbocycles. The number of nitrogens with two attached hydrogens (primary N) is 1. The van der Waals surface area contributed by atoms with E-state index >= 15 is 0 Å². The Bertz CT molecular complexity index is 630. The van der Waals surface area contributed by atoms with Crippen molar-refractivity contribution in [1.29, 1.82) is 0 Å². The number of pyridine rings is 1. The van der Waals surface area contributed by atoms with Gasteiger partial charge in [-0.25, -0.2) is 0 Å². The van der Waals surface area contributed by atoms with E-state index in [4.69, 9.17) is 18.0 Å². The lowest BCUT2D eigenvalue weighted by atomic mass is 9.86. The predicted octanol–water partition coefficient (Wildman–Crippen LogP) is 3.76. The SMILES string of the molecule is CC(C)(C)c1ccccc1Nc1cnccc1C(N)=S. The van der Waals surface area contributed by atoms with Crippen molar-refractivity contribution < 1.29 is 0 Å². The number of anilines is 2. The summed E-state index contributed by atoms with van der Waals surface area (Å²) >= 11 is 5.08. The third-order valence-electron chi connectivity index (χ3n) is 3.09. The van der Waals surface area contributed by atoms with Crippen molar-refractivity contribution in [2.75, 3.05) is 5.32 Å². The fraction of sp³-hybridized carbons (Fsp3) is 0.250. The molecule has 0 aliphatic carbocycles. The van der Waals surface area contributed by atoms with Crippen LogP contribution in [0.25, 0.3) is 0 Å². The monoisotopic (exact) mass is 285 g/mol. The Morgan fingerprint density at radius 2 is 1.85 bits per heavy atom. The van der Waals surface area contributed by atoms with E-state index in [0.29, 0.717) is 4.99 Å². The van der Waals surface area contributed by atoms with Crippen LogP contribution in [0.5, 0.6) is 0 Å². The first-order valence-corrected chi connectivity index (χ1v) is 6.91. The highest BCUT2D eigenvalue weighted by Gasteiger charge is 2.18. The lowest BCUT2D eigenvalue weighted by molar-refractivity contribution is 0.592. The second-order valence-electron chi connectivity index (χ2n) is 5.71. The van der Waals surface area contributed by atoms with Gasteiger partial charge in [-0.3, -0.25) is 4.98 Å². The number of thiocarbonyl (C=S) groups is 1. The van der Waals surface area contributed by atoms with Gasteiger partial charge in [0.25, 0.3) is 0 Å². The van der Waals surface area contributed by atoms with Gasteiger partial charge in [0.1, 0.15) is 4.99 Å². The molecule has 2 aromatic rings. The number of para-hydroxylation sites is 1. The van der Waals surface area contributed by atoms with Crippen LogP contribution in [0.15, 0.2) is 42.7 Å². The first kappa shape index (κ1) is 14.5. The first-order valence-electron chi connectivity index (χ1n) is 6.50. The summed E-state index contributed by atoms with van der Waals surface area (Å²) in [5, 5.41) is 3.40. The maximum Gasteiger partial charge on any atom is 0.106 e. The number of nitrogens with zero attached hydrogens (tertiary/aromatic N) is 1. The van der Waals surface area contributed by atoms with Gasteiger partial charge in [0.15, 0.2) is 0 Å². The van der Waals surface area contributed by atoms with E-state index in [-0.39, 0.29) is 5.41 Å². The summed E-state index contributed by atoms with van der Waals surface area (Å²) < 4.78 is 0. The van der Waals surface area contributed by atoms with Crippen molar-refractivity contribution in [2.24, 2.45) is 5.73 Å². The minimum atomic E-state index is 0.0508. The molecule has 104 valence electrons. The summed E-state index contributed by atoms with van der Waals surface area (Å²) in [6.45, 7) is 6.56. The van der Waals surface area contributed by atoms with Gasteiger partial charge in [-0.1, -0.05) is 51.2 Å². The zero-order valence-corrected chi connectivity index (χ0v) is 12.8. The summed E-state index contributed by atoms with van der Waals surface area (Å²) in [4.78, 5) is 4.50. The molecule has 0 spiro atoms. The van der Waals surface area contributed by atoms with E-state index in [1.807, 2.05) is 18.2 Å². The molecule has 0 fully saturated rings. The van der Waals surface area contributed by atoms with E-state index in [0.717, 1.165) is 16.9 Å². The Kier molecular flexibility index (Phi) is 4.04. The van der Waals surface area contributed by atoms with Crippen LogP contribution < -0.4 is 11.1 Å². The number of hydrogen-bond donors (Lipinski definition) is 2. The molecule has 3 N–H and O–H groups in total. The standard InChI is InChI=1S/C16H19N3S/c1-16(2,3)12-6-4-5-7-13(12)19-14-10-18-9-8-11(14)15(17)20/h4-10,19H,1-3H3,(H2,17,20). The largest absolute Gasteiger partial charge is 0.389 e. The molecule has 1 aromatic carbocycles. The summed E-state index contributed by atoms with van der Waals surface area (Å²) in [5.74, 6) is 0. The van der Waals surface area contributed by atoms with Crippen molar-refractivity contribution in [3.05, 3.63) is 53.9 Å². The molecular weight excluding hydrogens is 266 g/mol. The molecule has 0 aliphatic rings. The van der Waals surface area contributed by atoms with Crippen LogP contribution >= 0.6 is 12.2 Å². The van der Waals surface area contributed by atoms with Crippen LogP contribution in [-0.4, -0.2) is 9.97 Å². The van der Waals surface area contributed by atoms with Crippen LogP contribution in [-0.2, 0) is 5.41 Å².